The van der Waals surface area contributed by atoms with Gasteiger partial charge in [-0.25, -0.2) is 8.42 Å². The van der Waals surface area contributed by atoms with Gasteiger partial charge in [0.2, 0.25) is 9.05 Å². The molecule has 1 rings (SSSR count). The highest BCUT2D eigenvalue weighted by atomic mass is 35.7. The highest BCUT2D eigenvalue weighted by Crippen LogP contribution is 2.31. The summed E-state index contributed by atoms with van der Waals surface area (Å²) in [5, 5.41) is -0.426. The Balaban J connectivity index is 3.13. The van der Waals surface area contributed by atoms with Crippen molar-refractivity contribution < 1.29 is 13.2 Å². The van der Waals surface area contributed by atoms with Crippen LogP contribution in [0.5, 0.6) is 5.75 Å². The number of rotatable bonds is 3. The molecule has 0 saturated carbocycles. The molecule has 1 aromatic rings. The molecule has 6 heteroatoms. The van der Waals surface area contributed by atoms with Gasteiger partial charge in [-0.1, -0.05) is 17.7 Å². The van der Waals surface area contributed by atoms with Crippen molar-refractivity contribution in [1.82, 2.24) is 0 Å². The Labute approximate surface area is 98.4 Å². The minimum Gasteiger partial charge on any atom is -0.495 e. The Morgan fingerprint density at radius 3 is 2.40 bits per heavy atom. The Bertz CT molecular complexity index is 456. The van der Waals surface area contributed by atoms with Crippen molar-refractivity contribution in [2.75, 3.05) is 7.11 Å². The van der Waals surface area contributed by atoms with E-state index in [1.165, 1.54) is 20.1 Å². The molecule has 0 bridgehead atoms. The fraction of sp³-hybridized carbons (Fsp3) is 0.333. The highest BCUT2D eigenvalue weighted by Gasteiger charge is 2.20. The van der Waals surface area contributed by atoms with Crippen molar-refractivity contribution in [3.8, 4) is 5.75 Å². The highest BCUT2D eigenvalue weighted by molar-refractivity contribution is 8.13. The predicted octanol–water partition coefficient (Wildman–Crippen LogP) is 2.98. The zero-order valence-corrected chi connectivity index (χ0v) is 10.5. The lowest BCUT2D eigenvalue weighted by Crippen LogP contribution is -2.02. The largest absolute Gasteiger partial charge is 0.495 e. The number of halogens is 2. The number of hydrogen-bond donors (Lipinski definition) is 0. The van der Waals surface area contributed by atoms with Crippen molar-refractivity contribution in [3.63, 3.8) is 0 Å². The van der Waals surface area contributed by atoms with E-state index in [0.717, 1.165) is 0 Å². The second kappa shape index (κ2) is 4.60. The average molecular weight is 269 g/mol. The van der Waals surface area contributed by atoms with Crippen LogP contribution in [0.4, 0.5) is 0 Å². The Kier molecular flexibility index (Phi) is 3.87. The third-order valence-electron chi connectivity index (χ3n) is 2.07. The molecule has 0 aromatic heterocycles. The van der Waals surface area contributed by atoms with Crippen LogP contribution in [0.1, 0.15) is 17.7 Å². The number of ether oxygens (including phenoxy) is 1. The minimum atomic E-state index is -3.62. The van der Waals surface area contributed by atoms with Gasteiger partial charge in [0.25, 0.3) is 0 Å². The second-order valence-corrected chi connectivity index (χ2v) is 6.37. The summed E-state index contributed by atoms with van der Waals surface area (Å²) >= 11 is 5.86. The smallest absolute Gasteiger partial charge is 0.239 e. The summed E-state index contributed by atoms with van der Waals surface area (Å²) < 4.78 is 27.1. The Morgan fingerprint density at radius 1 is 1.40 bits per heavy atom. The fourth-order valence-corrected chi connectivity index (χ4v) is 2.14. The quantitative estimate of drug-likeness (QED) is 0.792. The first kappa shape index (κ1) is 12.6. The summed E-state index contributed by atoms with van der Waals surface area (Å²) in [5.74, 6) is 0.500. The summed E-state index contributed by atoms with van der Waals surface area (Å²) in [7, 11) is 3.11. The van der Waals surface area contributed by atoms with E-state index in [-0.39, 0.29) is 0 Å². The first-order valence-electron chi connectivity index (χ1n) is 4.13. The van der Waals surface area contributed by atoms with E-state index in [4.69, 9.17) is 27.0 Å². The van der Waals surface area contributed by atoms with E-state index >= 15 is 0 Å². The minimum absolute atomic E-state index is 0.363. The molecule has 0 fully saturated rings. The summed E-state index contributed by atoms with van der Waals surface area (Å²) in [6, 6.07) is 4.76. The van der Waals surface area contributed by atoms with Crippen molar-refractivity contribution in [2.24, 2.45) is 0 Å². The van der Waals surface area contributed by atoms with Gasteiger partial charge in [-0.05, 0) is 24.6 Å². The second-order valence-electron chi connectivity index (χ2n) is 3.01. The monoisotopic (exact) mass is 268 g/mol. The first-order chi connectivity index (χ1) is 6.86. The molecule has 0 heterocycles. The molecule has 0 aliphatic carbocycles. The van der Waals surface area contributed by atoms with Gasteiger partial charge in [-0.2, -0.15) is 0 Å². The molecule has 0 aliphatic rings. The lowest BCUT2D eigenvalue weighted by molar-refractivity contribution is 0.415. The van der Waals surface area contributed by atoms with Gasteiger partial charge in [0.1, 0.15) is 5.75 Å². The topological polar surface area (TPSA) is 43.4 Å². The molecule has 84 valence electrons. The van der Waals surface area contributed by atoms with Gasteiger partial charge < -0.3 is 4.74 Å². The molecular formula is C9H10Cl2O3S. The maximum atomic E-state index is 11.1. The van der Waals surface area contributed by atoms with Crippen LogP contribution in [0.3, 0.4) is 0 Å². The molecular weight excluding hydrogens is 259 g/mol. The molecule has 1 atom stereocenters. The van der Waals surface area contributed by atoms with Crippen molar-refractivity contribution in [1.29, 1.82) is 0 Å². The van der Waals surface area contributed by atoms with Gasteiger partial charge >= 0.3 is 0 Å². The molecule has 1 aromatic carbocycles. The molecule has 0 N–H and O–H groups in total. The zero-order valence-electron chi connectivity index (χ0n) is 8.20. The van der Waals surface area contributed by atoms with Gasteiger partial charge in [0, 0.05) is 10.7 Å². The van der Waals surface area contributed by atoms with Crippen molar-refractivity contribution >= 4 is 31.3 Å². The Hall–Kier alpha value is -0.450. The third-order valence-corrected chi connectivity index (χ3v) is 4.28. The van der Waals surface area contributed by atoms with Crippen molar-refractivity contribution in [2.45, 2.75) is 12.2 Å². The van der Waals surface area contributed by atoms with Gasteiger partial charge in [0.15, 0.2) is 0 Å². The van der Waals surface area contributed by atoms with Crippen LogP contribution >= 0.6 is 22.3 Å². The maximum Gasteiger partial charge on any atom is 0.239 e. The molecule has 0 amide bonds. The molecule has 0 radical (unpaired) electrons. The molecule has 0 aliphatic heterocycles. The van der Waals surface area contributed by atoms with Crippen LogP contribution in [-0.4, -0.2) is 15.5 Å². The standard InChI is InChI=1S/C9H10Cl2O3S/c1-6(15(11,12)13)7-3-4-9(14-2)8(10)5-7/h3-6H,1-2H3. The van der Waals surface area contributed by atoms with E-state index < -0.39 is 14.3 Å². The molecule has 0 spiro atoms. The number of hydrogen-bond acceptors (Lipinski definition) is 3. The number of benzene rings is 1. The summed E-state index contributed by atoms with van der Waals surface area (Å²) in [4.78, 5) is 0. The molecule has 15 heavy (non-hydrogen) atoms. The maximum absolute atomic E-state index is 11.1. The summed E-state index contributed by atoms with van der Waals surface area (Å²) in [6.07, 6.45) is 0. The first-order valence-corrected chi connectivity index (χ1v) is 6.88. The van der Waals surface area contributed by atoms with Crippen LogP contribution in [0.25, 0.3) is 0 Å². The van der Waals surface area contributed by atoms with Gasteiger partial charge in [-0.15, -0.1) is 0 Å². The number of methoxy groups -OCH3 is 1. The molecule has 3 nitrogen and oxygen atoms in total. The lowest BCUT2D eigenvalue weighted by Gasteiger charge is -2.10. The van der Waals surface area contributed by atoms with Gasteiger partial charge in [-0.3, -0.25) is 0 Å². The van der Waals surface area contributed by atoms with E-state index in [1.54, 1.807) is 12.1 Å². The Morgan fingerprint density at radius 2 is 2.00 bits per heavy atom. The molecule has 0 saturated heterocycles. The third kappa shape index (κ3) is 3.00. The lowest BCUT2D eigenvalue weighted by atomic mass is 10.1. The van der Waals surface area contributed by atoms with Crippen molar-refractivity contribution in [3.05, 3.63) is 28.8 Å². The normalized spacial score (nSPS) is 13.6. The predicted molar refractivity (Wildman–Crippen MR) is 61.2 cm³/mol. The summed E-state index contributed by atoms with van der Waals surface area (Å²) in [6.45, 7) is 1.50. The van der Waals surface area contributed by atoms with Crippen LogP contribution in [-0.2, 0) is 9.05 Å². The van der Waals surface area contributed by atoms with Crippen LogP contribution < -0.4 is 4.74 Å². The zero-order chi connectivity index (χ0) is 11.6. The van der Waals surface area contributed by atoms with E-state index in [1.807, 2.05) is 0 Å². The SMILES string of the molecule is COc1ccc(C(C)S(=O)(=O)Cl)cc1Cl. The summed E-state index contributed by atoms with van der Waals surface area (Å²) in [5.41, 5.74) is 0.538. The average Bonchev–Trinajstić information content (AvgIpc) is 2.15. The van der Waals surface area contributed by atoms with Crippen LogP contribution in [0, 0.1) is 0 Å². The van der Waals surface area contributed by atoms with E-state index in [2.05, 4.69) is 0 Å². The van der Waals surface area contributed by atoms with Gasteiger partial charge in [0.05, 0.1) is 17.4 Å². The van der Waals surface area contributed by atoms with Crippen LogP contribution in [0.15, 0.2) is 18.2 Å². The molecule has 1 unspecified atom stereocenters. The van der Waals surface area contributed by atoms with E-state index in [9.17, 15) is 8.42 Å². The fourth-order valence-electron chi connectivity index (χ4n) is 1.10. The van der Waals surface area contributed by atoms with E-state index in [0.29, 0.717) is 16.3 Å². The van der Waals surface area contributed by atoms with Crippen LogP contribution in [0.2, 0.25) is 5.02 Å².